The lowest BCUT2D eigenvalue weighted by Crippen LogP contribution is -2.48. The molecular weight excluding hydrogens is 326 g/mol. The summed E-state index contributed by atoms with van der Waals surface area (Å²) in [5.74, 6) is 0.0930. The zero-order valence-electron chi connectivity index (χ0n) is 15.4. The zero-order chi connectivity index (χ0) is 18.4. The van der Waals surface area contributed by atoms with E-state index < -0.39 is 0 Å². The van der Waals surface area contributed by atoms with Crippen LogP contribution in [0.4, 0.5) is 0 Å². The summed E-state index contributed by atoms with van der Waals surface area (Å²) in [6.07, 6.45) is 1.62. The standard InChI is InChI=1S/C21H25N3O2/c1-17-4-3-5-19(14-17)16-23-10-12-24(13-11-23)21(25)20-8-6-18(7-9-20)15-22-26-2/h3-9,14-15H,10-13,16H2,1-2H3/b22-15+. The Morgan fingerprint density at radius 2 is 1.85 bits per heavy atom. The van der Waals surface area contributed by atoms with Crippen molar-refractivity contribution in [1.82, 2.24) is 9.80 Å². The van der Waals surface area contributed by atoms with Gasteiger partial charge in [0.25, 0.3) is 5.91 Å². The van der Waals surface area contributed by atoms with Crippen LogP contribution in [0, 0.1) is 6.92 Å². The molecule has 0 aliphatic carbocycles. The van der Waals surface area contributed by atoms with Crippen LogP contribution < -0.4 is 0 Å². The fourth-order valence-electron chi connectivity index (χ4n) is 3.19. The Bertz CT molecular complexity index is 763. The lowest BCUT2D eigenvalue weighted by Gasteiger charge is -2.34. The lowest BCUT2D eigenvalue weighted by atomic mass is 10.1. The molecule has 0 bridgehead atoms. The highest BCUT2D eigenvalue weighted by atomic mass is 16.6. The van der Waals surface area contributed by atoms with Crippen molar-refractivity contribution in [2.75, 3.05) is 33.3 Å². The number of carbonyl (C=O) groups is 1. The van der Waals surface area contributed by atoms with E-state index in [1.807, 2.05) is 29.2 Å². The van der Waals surface area contributed by atoms with Gasteiger partial charge in [-0.15, -0.1) is 0 Å². The molecule has 0 atom stereocenters. The minimum atomic E-state index is 0.0930. The average molecular weight is 351 g/mol. The molecule has 2 aromatic carbocycles. The SMILES string of the molecule is CO/N=C/c1ccc(C(=O)N2CCN(Cc3cccc(C)c3)CC2)cc1. The molecule has 0 unspecified atom stereocenters. The first-order valence-corrected chi connectivity index (χ1v) is 8.89. The van der Waals surface area contributed by atoms with Crippen molar-refractivity contribution in [3.63, 3.8) is 0 Å². The van der Waals surface area contributed by atoms with Crippen molar-refractivity contribution in [3.05, 3.63) is 70.8 Å². The summed E-state index contributed by atoms with van der Waals surface area (Å²) >= 11 is 0. The van der Waals surface area contributed by atoms with E-state index in [1.54, 1.807) is 6.21 Å². The molecule has 0 N–H and O–H groups in total. The van der Waals surface area contributed by atoms with Crippen LogP contribution in [-0.2, 0) is 11.4 Å². The van der Waals surface area contributed by atoms with Crippen molar-refractivity contribution in [2.45, 2.75) is 13.5 Å². The largest absolute Gasteiger partial charge is 0.399 e. The highest BCUT2D eigenvalue weighted by Gasteiger charge is 2.22. The van der Waals surface area contributed by atoms with Gasteiger partial charge in [0.2, 0.25) is 0 Å². The Kier molecular flexibility index (Phi) is 6.02. The summed E-state index contributed by atoms with van der Waals surface area (Å²) in [6.45, 7) is 6.38. The van der Waals surface area contributed by atoms with E-state index >= 15 is 0 Å². The molecule has 26 heavy (non-hydrogen) atoms. The summed E-state index contributed by atoms with van der Waals surface area (Å²) in [5.41, 5.74) is 4.24. The number of aryl methyl sites for hydroxylation is 1. The first-order valence-electron chi connectivity index (χ1n) is 8.89. The van der Waals surface area contributed by atoms with E-state index in [2.05, 4.69) is 46.1 Å². The van der Waals surface area contributed by atoms with Crippen molar-refractivity contribution in [2.24, 2.45) is 5.16 Å². The fraction of sp³-hybridized carbons (Fsp3) is 0.333. The van der Waals surface area contributed by atoms with Gasteiger partial charge in [0, 0.05) is 38.3 Å². The first kappa shape index (κ1) is 18.1. The maximum absolute atomic E-state index is 12.7. The van der Waals surface area contributed by atoms with Crippen LogP contribution in [0.25, 0.3) is 0 Å². The monoisotopic (exact) mass is 351 g/mol. The second kappa shape index (κ2) is 8.63. The van der Waals surface area contributed by atoms with Crippen LogP contribution in [0.15, 0.2) is 53.7 Å². The van der Waals surface area contributed by atoms with Gasteiger partial charge in [-0.2, -0.15) is 0 Å². The Labute approximate surface area is 154 Å². The minimum absolute atomic E-state index is 0.0930. The molecule has 0 aromatic heterocycles. The van der Waals surface area contributed by atoms with Gasteiger partial charge in [0.15, 0.2) is 0 Å². The van der Waals surface area contributed by atoms with Crippen LogP contribution in [-0.4, -0.2) is 55.2 Å². The van der Waals surface area contributed by atoms with E-state index in [0.29, 0.717) is 5.56 Å². The Morgan fingerprint density at radius 3 is 2.50 bits per heavy atom. The lowest BCUT2D eigenvalue weighted by molar-refractivity contribution is 0.0628. The average Bonchev–Trinajstić information content (AvgIpc) is 2.67. The molecule has 1 amide bonds. The van der Waals surface area contributed by atoms with Gasteiger partial charge in [-0.25, -0.2) is 0 Å². The number of piperazine rings is 1. The highest BCUT2D eigenvalue weighted by molar-refractivity contribution is 5.95. The van der Waals surface area contributed by atoms with Crippen LogP contribution in [0.3, 0.4) is 0 Å². The highest BCUT2D eigenvalue weighted by Crippen LogP contribution is 2.13. The smallest absolute Gasteiger partial charge is 0.253 e. The quantitative estimate of drug-likeness (QED) is 0.615. The predicted octanol–water partition coefficient (Wildman–Crippen LogP) is 2.93. The number of nitrogens with zero attached hydrogens (tertiary/aromatic N) is 3. The molecule has 1 aliphatic rings. The fourth-order valence-corrected chi connectivity index (χ4v) is 3.19. The molecule has 3 rings (SSSR count). The van der Waals surface area contributed by atoms with Crippen molar-refractivity contribution in [3.8, 4) is 0 Å². The summed E-state index contributed by atoms with van der Waals surface area (Å²) < 4.78 is 0. The van der Waals surface area contributed by atoms with E-state index in [-0.39, 0.29) is 5.91 Å². The number of oxime groups is 1. The Morgan fingerprint density at radius 1 is 1.12 bits per heavy atom. The number of hydrogen-bond acceptors (Lipinski definition) is 4. The van der Waals surface area contributed by atoms with Crippen LogP contribution in [0.2, 0.25) is 0 Å². The molecule has 5 nitrogen and oxygen atoms in total. The van der Waals surface area contributed by atoms with E-state index in [9.17, 15) is 4.79 Å². The second-order valence-corrected chi connectivity index (χ2v) is 6.60. The number of rotatable bonds is 5. The molecule has 1 saturated heterocycles. The van der Waals surface area contributed by atoms with Gasteiger partial charge in [-0.1, -0.05) is 47.1 Å². The molecule has 1 fully saturated rings. The number of benzene rings is 2. The maximum Gasteiger partial charge on any atom is 0.253 e. The minimum Gasteiger partial charge on any atom is -0.399 e. The van der Waals surface area contributed by atoms with Crippen LogP contribution in [0.5, 0.6) is 0 Å². The van der Waals surface area contributed by atoms with Crippen molar-refractivity contribution < 1.29 is 9.63 Å². The Balaban J connectivity index is 1.54. The van der Waals surface area contributed by atoms with Gasteiger partial charge in [0.05, 0.1) is 6.21 Å². The molecule has 136 valence electrons. The van der Waals surface area contributed by atoms with E-state index in [0.717, 1.165) is 38.3 Å². The molecular formula is C21H25N3O2. The molecule has 0 saturated carbocycles. The van der Waals surface area contributed by atoms with E-state index in [4.69, 9.17) is 0 Å². The van der Waals surface area contributed by atoms with Gasteiger partial charge < -0.3 is 9.74 Å². The number of hydrogen-bond donors (Lipinski definition) is 0. The van der Waals surface area contributed by atoms with Crippen molar-refractivity contribution in [1.29, 1.82) is 0 Å². The van der Waals surface area contributed by atoms with Gasteiger partial charge in [-0.05, 0) is 30.2 Å². The topological polar surface area (TPSA) is 45.1 Å². The molecule has 1 aliphatic heterocycles. The predicted molar refractivity (Wildman–Crippen MR) is 103 cm³/mol. The summed E-state index contributed by atoms with van der Waals surface area (Å²) in [4.78, 5) is 21.7. The zero-order valence-corrected chi connectivity index (χ0v) is 15.4. The molecule has 0 radical (unpaired) electrons. The second-order valence-electron chi connectivity index (χ2n) is 6.60. The van der Waals surface area contributed by atoms with E-state index in [1.165, 1.54) is 18.2 Å². The summed E-state index contributed by atoms with van der Waals surface area (Å²) in [7, 11) is 1.51. The summed E-state index contributed by atoms with van der Waals surface area (Å²) in [6, 6.07) is 16.1. The summed E-state index contributed by atoms with van der Waals surface area (Å²) in [5, 5.41) is 3.73. The van der Waals surface area contributed by atoms with Crippen LogP contribution >= 0.6 is 0 Å². The first-order chi connectivity index (χ1) is 12.7. The van der Waals surface area contributed by atoms with Crippen molar-refractivity contribution >= 4 is 12.1 Å². The third kappa shape index (κ3) is 4.70. The molecule has 5 heteroatoms. The third-order valence-electron chi connectivity index (χ3n) is 4.61. The Hall–Kier alpha value is -2.66. The normalized spacial score (nSPS) is 15.4. The third-order valence-corrected chi connectivity index (χ3v) is 4.61. The maximum atomic E-state index is 12.7. The van der Waals surface area contributed by atoms with Crippen LogP contribution in [0.1, 0.15) is 27.0 Å². The molecule has 1 heterocycles. The number of carbonyl (C=O) groups excluding carboxylic acids is 1. The van der Waals surface area contributed by atoms with Gasteiger partial charge >= 0.3 is 0 Å². The van der Waals surface area contributed by atoms with Gasteiger partial charge in [0.1, 0.15) is 7.11 Å². The molecule has 2 aromatic rings. The van der Waals surface area contributed by atoms with Gasteiger partial charge in [-0.3, -0.25) is 9.69 Å². The number of amides is 1. The molecule has 0 spiro atoms.